The highest BCUT2D eigenvalue weighted by Gasteiger charge is 2.43. The number of anilines is 1. The Morgan fingerprint density at radius 3 is 2.79 bits per heavy atom. The fourth-order valence-corrected chi connectivity index (χ4v) is 6.19. The van der Waals surface area contributed by atoms with Crippen LogP contribution >= 0.6 is 11.3 Å². The van der Waals surface area contributed by atoms with Gasteiger partial charge in [0.15, 0.2) is 5.65 Å². The number of carbonyl (C=O) groups is 1. The maximum Gasteiger partial charge on any atom is 0.274 e. The Balaban J connectivity index is 1.39. The summed E-state index contributed by atoms with van der Waals surface area (Å²) in [7, 11) is 1.62. The van der Waals surface area contributed by atoms with Gasteiger partial charge >= 0.3 is 0 Å². The third-order valence-electron chi connectivity index (χ3n) is 6.89. The second kappa shape index (κ2) is 7.51. The topological polar surface area (TPSA) is 112 Å². The zero-order valence-electron chi connectivity index (χ0n) is 18.1. The van der Waals surface area contributed by atoms with E-state index in [1.165, 1.54) is 23.7 Å². The molecule has 3 aromatic heterocycles. The SMILES string of the molecule is C=CC(=O)N1CC2CC(n3nc(-c4ccc5nc(OC)sc5c4)c4c(N)ncnc43)CC2C1. The number of methoxy groups -OCH3 is 1. The van der Waals surface area contributed by atoms with Crippen molar-refractivity contribution >= 4 is 44.3 Å². The Bertz CT molecular complexity index is 1400. The van der Waals surface area contributed by atoms with Crippen LogP contribution in [0.25, 0.3) is 32.5 Å². The minimum Gasteiger partial charge on any atom is -0.473 e. The summed E-state index contributed by atoms with van der Waals surface area (Å²) in [6.07, 6.45) is 4.81. The van der Waals surface area contributed by atoms with Gasteiger partial charge < -0.3 is 15.4 Å². The summed E-state index contributed by atoms with van der Waals surface area (Å²) in [5.74, 6) is 1.36. The van der Waals surface area contributed by atoms with Gasteiger partial charge in [0.1, 0.15) is 17.8 Å². The van der Waals surface area contributed by atoms with E-state index >= 15 is 0 Å². The molecule has 1 aliphatic heterocycles. The minimum atomic E-state index is 0.0170. The highest BCUT2D eigenvalue weighted by atomic mass is 32.1. The lowest BCUT2D eigenvalue weighted by Gasteiger charge is -2.18. The first-order chi connectivity index (χ1) is 16.1. The van der Waals surface area contributed by atoms with Gasteiger partial charge in [-0.05, 0) is 42.9 Å². The van der Waals surface area contributed by atoms with Crippen LogP contribution in [0, 0.1) is 11.8 Å². The average molecular weight is 462 g/mol. The molecule has 1 aliphatic carbocycles. The molecule has 2 N–H and O–H groups in total. The maximum absolute atomic E-state index is 12.0. The smallest absolute Gasteiger partial charge is 0.274 e. The quantitative estimate of drug-likeness (QED) is 0.464. The molecule has 168 valence electrons. The summed E-state index contributed by atoms with van der Waals surface area (Å²) in [5.41, 5.74) is 9.67. The number of carbonyl (C=O) groups excluding carboxylic acids is 1. The molecule has 33 heavy (non-hydrogen) atoms. The Hall–Kier alpha value is -3.53. The normalized spacial score (nSPS) is 22.2. The van der Waals surface area contributed by atoms with Gasteiger partial charge in [-0.2, -0.15) is 5.10 Å². The van der Waals surface area contributed by atoms with Crippen LogP contribution in [-0.4, -0.2) is 55.7 Å². The largest absolute Gasteiger partial charge is 0.473 e. The van der Waals surface area contributed by atoms with Gasteiger partial charge in [0, 0.05) is 18.7 Å². The first-order valence-corrected chi connectivity index (χ1v) is 11.7. The van der Waals surface area contributed by atoms with Crippen molar-refractivity contribution < 1.29 is 9.53 Å². The van der Waals surface area contributed by atoms with Crippen LogP contribution in [0.15, 0.2) is 37.2 Å². The number of likely N-dealkylation sites (tertiary alicyclic amines) is 1. The van der Waals surface area contributed by atoms with Crippen LogP contribution < -0.4 is 10.5 Å². The molecule has 0 bridgehead atoms. The first kappa shape index (κ1) is 20.1. The predicted octanol–water partition coefficient (Wildman–Crippen LogP) is 3.29. The molecule has 1 saturated carbocycles. The van der Waals surface area contributed by atoms with Crippen molar-refractivity contribution in [2.75, 3.05) is 25.9 Å². The molecule has 0 spiro atoms. The molecular weight excluding hydrogens is 438 g/mol. The second-order valence-electron chi connectivity index (χ2n) is 8.71. The minimum absolute atomic E-state index is 0.0170. The summed E-state index contributed by atoms with van der Waals surface area (Å²) in [6, 6.07) is 6.25. The summed E-state index contributed by atoms with van der Waals surface area (Å²) in [5, 5.41) is 6.42. The molecule has 1 amide bonds. The standard InChI is InChI=1S/C23H23N7O2S/c1-3-18(31)29-9-13-6-15(7-14(13)10-29)30-22-19(21(24)25-11-26-22)20(28-30)12-4-5-16-17(8-12)33-23(27-16)32-2/h3-5,8,11,13-15H,1,6-7,9-10H2,2H3,(H2,24,25,26). The number of hydrogen-bond donors (Lipinski definition) is 1. The molecule has 9 nitrogen and oxygen atoms in total. The van der Waals surface area contributed by atoms with Crippen molar-refractivity contribution in [3.63, 3.8) is 0 Å². The number of nitrogens with zero attached hydrogens (tertiary/aromatic N) is 6. The van der Waals surface area contributed by atoms with E-state index in [9.17, 15) is 4.79 Å². The Kier molecular flexibility index (Phi) is 4.58. The van der Waals surface area contributed by atoms with E-state index in [1.54, 1.807) is 7.11 Å². The highest BCUT2D eigenvalue weighted by molar-refractivity contribution is 7.20. The van der Waals surface area contributed by atoms with Crippen LogP contribution in [-0.2, 0) is 4.79 Å². The van der Waals surface area contributed by atoms with Crippen LogP contribution in [0.4, 0.5) is 5.82 Å². The fourth-order valence-electron chi connectivity index (χ4n) is 5.37. The molecule has 2 aliphatic rings. The number of fused-ring (bicyclic) bond motifs is 3. The average Bonchev–Trinajstić information content (AvgIpc) is 3.57. The highest BCUT2D eigenvalue weighted by Crippen LogP contribution is 2.45. The number of hydrogen-bond acceptors (Lipinski definition) is 8. The van der Waals surface area contributed by atoms with E-state index < -0.39 is 0 Å². The lowest BCUT2D eigenvalue weighted by Crippen LogP contribution is -2.28. The van der Waals surface area contributed by atoms with Crippen LogP contribution in [0.1, 0.15) is 18.9 Å². The van der Waals surface area contributed by atoms with E-state index in [0.717, 1.165) is 58.4 Å². The van der Waals surface area contributed by atoms with Gasteiger partial charge in [0.2, 0.25) is 5.91 Å². The summed E-state index contributed by atoms with van der Waals surface area (Å²) < 4.78 is 8.33. The van der Waals surface area contributed by atoms with Gasteiger partial charge in [-0.1, -0.05) is 24.0 Å². The van der Waals surface area contributed by atoms with E-state index in [1.807, 2.05) is 21.7 Å². The molecule has 10 heteroatoms. The third-order valence-corrected chi connectivity index (χ3v) is 7.87. The van der Waals surface area contributed by atoms with Crippen LogP contribution in [0.2, 0.25) is 0 Å². The van der Waals surface area contributed by atoms with E-state index in [2.05, 4.69) is 27.6 Å². The number of nitrogen functional groups attached to an aromatic ring is 1. The van der Waals surface area contributed by atoms with Gasteiger partial charge in [0.05, 0.1) is 28.8 Å². The van der Waals surface area contributed by atoms with Crippen molar-refractivity contribution in [3.05, 3.63) is 37.2 Å². The molecular formula is C23H23N7O2S. The van der Waals surface area contributed by atoms with Crippen molar-refractivity contribution in [1.29, 1.82) is 0 Å². The fraction of sp³-hybridized carbons (Fsp3) is 0.348. The van der Waals surface area contributed by atoms with Gasteiger partial charge in [-0.3, -0.25) is 4.79 Å². The second-order valence-corrected chi connectivity index (χ2v) is 9.70. The van der Waals surface area contributed by atoms with Crippen molar-refractivity contribution in [3.8, 4) is 16.5 Å². The van der Waals surface area contributed by atoms with Crippen molar-refractivity contribution in [2.45, 2.75) is 18.9 Å². The van der Waals surface area contributed by atoms with Crippen molar-refractivity contribution in [2.24, 2.45) is 11.8 Å². The Morgan fingerprint density at radius 1 is 1.27 bits per heavy atom. The molecule has 2 atom stereocenters. The molecule has 2 fully saturated rings. The molecule has 1 saturated heterocycles. The first-order valence-electron chi connectivity index (χ1n) is 10.9. The van der Waals surface area contributed by atoms with E-state index in [4.69, 9.17) is 15.6 Å². The number of ether oxygens (including phenoxy) is 1. The monoisotopic (exact) mass is 461 g/mol. The molecule has 4 aromatic rings. The summed E-state index contributed by atoms with van der Waals surface area (Å²) in [4.78, 5) is 27.2. The van der Waals surface area contributed by atoms with Crippen LogP contribution in [0.3, 0.4) is 0 Å². The zero-order chi connectivity index (χ0) is 22.7. The lowest BCUT2D eigenvalue weighted by atomic mass is 10.0. The summed E-state index contributed by atoms with van der Waals surface area (Å²) >= 11 is 1.49. The van der Waals surface area contributed by atoms with Gasteiger partial charge in [-0.15, -0.1) is 0 Å². The van der Waals surface area contributed by atoms with E-state index in [-0.39, 0.29) is 11.9 Å². The number of amides is 1. The molecule has 6 rings (SSSR count). The zero-order valence-corrected chi connectivity index (χ0v) is 19.0. The van der Waals surface area contributed by atoms with Gasteiger partial charge in [0.25, 0.3) is 5.19 Å². The maximum atomic E-state index is 12.0. The number of benzene rings is 1. The predicted molar refractivity (Wildman–Crippen MR) is 127 cm³/mol. The number of aromatic nitrogens is 5. The Morgan fingerprint density at radius 2 is 2.06 bits per heavy atom. The van der Waals surface area contributed by atoms with E-state index in [0.29, 0.717) is 22.8 Å². The van der Waals surface area contributed by atoms with Gasteiger partial charge in [-0.25, -0.2) is 19.6 Å². The van der Waals surface area contributed by atoms with Crippen LogP contribution in [0.5, 0.6) is 5.19 Å². The molecule has 0 radical (unpaired) electrons. The molecule has 1 aromatic carbocycles. The number of thiazole rings is 1. The number of nitrogens with two attached hydrogens (primary N) is 1. The molecule has 4 heterocycles. The third kappa shape index (κ3) is 3.16. The van der Waals surface area contributed by atoms with Crippen molar-refractivity contribution in [1.82, 2.24) is 29.6 Å². The molecule has 2 unspecified atom stereocenters. The summed E-state index contributed by atoms with van der Waals surface area (Å²) in [6.45, 7) is 5.17. The lowest BCUT2D eigenvalue weighted by molar-refractivity contribution is -0.125. The number of rotatable bonds is 4. The Labute approximate surface area is 193 Å².